The highest BCUT2D eigenvalue weighted by Crippen LogP contribution is 2.12. The maximum atomic E-state index is 11.5. The van der Waals surface area contributed by atoms with E-state index < -0.39 is 6.10 Å². The number of rotatable bonds is 8. The predicted molar refractivity (Wildman–Crippen MR) is 86.0 cm³/mol. The van der Waals surface area contributed by atoms with E-state index >= 15 is 0 Å². The van der Waals surface area contributed by atoms with Crippen LogP contribution in [0.2, 0.25) is 0 Å². The van der Waals surface area contributed by atoms with Gasteiger partial charge in [0.05, 0.1) is 6.10 Å². The van der Waals surface area contributed by atoms with Gasteiger partial charge in [0.1, 0.15) is 12.4 Å². The summed E-state index contributed by atoms with van der Waals surface area (Å²) < 4.78 is 5.70. The average Bonchev–Trinajstić information content (AvgIpc) is 2.84. The maximum Gasteiger partial charge on any atom is 0.222 e. The van der Waals surface area contributed by atoms with Crippen molar-refractivity contribution in [2.45, 2.75) is 25.9 Å². The van der Waals surface area contributed by atoms with Gasteiger partial charge in [0.2, 0.25) is 5.91 Å². The lowest BCUT2D eigenvalue weighted by molar-refractivity contribution is -0.129. The van der Waals surface area contributed by atoms with E-state index in [-0.39, 0.29) is 5.91 Å². The third-order valence-electron chi connectivity index (χ3n) is 3.86. The minimum atomic E-state index is -0.508. The van der Waals surface area contributed by atoms with Crippen LogP contribution in [0.1, 0.15) is 18.4 Å². The molecule has 1 fully saturated rings. The Kier molecular flexibility index (Phi) is 6.21. The van der Waals surface area contributed by atoms with E-state index in [1.54, 1.807) is 4.90 Å². The van der Waals surface area contributed by atoms with Gasteiger partial charge >= 0.3 is 0 Å². The Morgan fingerprint density at radius 3 is 2.95 bits per heavy atom. The number of likely N-dealkylation sites (tertiary alicyclic amines) is 1. The number of likely N-dealkylation sites (N-methyl/N-ethyl adjacent to an activating group) is 1. The fourth-order valence-corrected chi connectivity index (χ4v) is 2.68. The van der Waals surface area contributed by atoms with Crippen molar-refractivity contribution >= 4 is 5.91 Å². The number of aliphatic hydroxyl groups excluding tert-OH is 1. The van der Waals surface area contributed by atoms with Gasteiger partial charge in [0.15, 0.2) is 0 Å². The second-order valence-corrected chi connectivity index (χ2v) is 6.02. The third-order valence-corrected chi connectivity index (χ3v) is 3.86. The van der Waals surface area contributed by atoms with E-state index in [0.29, 0.717) is 26.1 Å². The lowest BCUT2D eigenvalue weighted by atomic mass is 10.2. The topological polar surface area (TPSA) is 53.0 Å². The summed E-state index contributed by atoms with van der Waals surface area (Å²) in [5.41, 5.74) is 1.18. The number of aliphatic hydroxyl groups is 1. The highest BCUT2D eigenvalue weighted by atomic mass is 16.5. The highest BCUT2D eigenvalue weighted by Gasteiger charge is 2.22. The molecule has 1 aromatic rings. The highest BCUT2D eigenvalue weighted by molar-refractivity contribution is 5.78. The summed E-state index contributed by atoms with van der Waals surface area (Å²) in [6.45, 7) is 5.10. The van der Waals surface area contributed by atoms with Crippen LogP contribution in [0.3, 0.4) is 0 Å². The molecule has 5 nitrogen and oxygen atoms in total. The lowest BCUT2D eigenvalue weighted by Crippen LogP contribution is -2.40. The molecule has 1 aliphatic heterocycles. The molecule has 0 bridgehead atoms. The van der Waals surface area contributed by atoms with Crippen molar-refractivity contribution in [3.8, 4) is 5.75 Å². The molecule has 0 spiro atoms. The minimum absolute atomic E-state index is 0.157. The monoisotopic (exact) mass is 306 g/mol. The maximum absolute atomic E-state index is 11.5. The summed E-state index contributed by atoms with van der Waals surface area (Å²) in [5, 5.41) is 10.1. The second kappa shape index (κ2) is 8.15. The molecule has 5 heteroatoms. The SMILES string of the molecule is Cc1cccc(OCCN(C)CC(O)CN2CCCC2=O)c1. The standard InChI is InChI=1S/C17H26N2O3/c1-14-5-3-6-16(11-14)22-10-9-18(2)12-15(20)13-19-8-4-7-17(19)21/h3,5-6,11,15,20H,4,7-10,12-13H2,1-2H3. The Morgan fingerprint density at radius 1 is 1.45 bits per heavy atom. The van der Waals surface area contributed by atoms with E-state index in [9.17, 15) is 9.90 Å². The number of benzene rings is 1. The Hall–Kier alpha value is -1.59. The van der Waals surface area contributed by atoms with Gasteiger partial charge in [0, 0.05) is 32.6 Å². The van der Waals surface area contributed by atoms with Gasteiger partial charge in [-0.25, -0.2) is 0 Å². The predicted octanol–water partition coefficient (Wildman–Crippen LogP) is 1.29. The molecule has 0 radical (unpaired) electrons. The summed E-state index contributed by atoms with van der Waals surface area (Å²) in [4.78, 5) is 15.3. The number of hydrogen-bond acceptors (Lipinski definition) is 4. The van der Waals surface area contributed by atoms with Crippen molar-refractivity contribution in [3.05, 3.63) is 29.8 Å². The molecular formula is C17H26N2O3. The van der Waals surface area contributed by atoms with Crippen LogP contribution in [0.4, 0.5) is 0 Å². The van der Waals surface area contributed by atoms with Crippen molar-refractivity contribution in [2.75, 3.05) is 39.8 Å². The van der Waals surface area contributed by atoms with Crippen molar-refractivity contribution in [2.24, 2.45) is 0 Å². The minimum Gasteiger partial charge on any atom is -0.492 e. The van der Waals surface area contributed by atoms with Crippen molar-refractivity contribution < 1.29 is 14.6 Å². The first-order chi connectivity index (χ1) is 10.5. The molecule has 0 aromatic heterocycles. The Balaban J connectivity index is 1.64. The zero-order valence-corrected chi connectivity index (χ0v) is 13.5. The van der Waals surface area contributed by atoms with Gasteiger partial charge in [-0.05, 0) is 38.1 Å². The summed E-state index contributed by atoms with van der Waals surface area (Å²) in [6, 6.07) is 7.97. The smallest absolute Gasteiger partial charge is 0.222 e. The fourth-order valence-electron chi connectivity index (χ4n) is 2.68. The quantitative estimate of drug-likeness (QED) is 0.786. The zero-order valence-electron chi connectivity index (χ0n) is 13.5. The van der Waals surface area contributed by atoms with E-state index in [1.807, 2.05) is 43.1 Å². The number of aryl methyl sites for hydroxylation is 1. The van der Waals surface area contributed by atoms with Crippen LogP contribution < -0.4 is 4.74 Å². The molecule has 1 aliphatic rings. The molecule has 2 rings (SSSR count). The number of β-amino-alcohol motifs (C(OH)–C–C–N with tert-alkyl or cyclic N) is 1. The van der Waals surface area contributed by atoms with Gasteiger partial charge in [-0.2, -0.15) is 0 Å². The first-order valence-electron chi connectivity index (χ1n) is 7.88. The Morgan fingerprint density at radius 2 is 2.27 bits per heavy atom. The normalized spacial score (nSPS) is 16.4. The molecule has 1 amide bonds. The molecule has 22 heavy (non-hydrogen) atoms. The number of nitrogens with zero attached hydrogens (tertiary/aromatic N) is 2. The summed E-state index contributed by atoms with van der Waals surface area (Å²) in [7, 11) is 1.95. The van der Waals surface area contributed by atoms with Crippen molar-refractivity contribution in [1.29, 1.82) is 0 Å². The van der Waals surface area contributed by atoms with Crippen LogP contribution in [0, 0.1) is 6.92 Å². The number of hydrogen-bond donors (Lipinski definition) is 1. The molecule has 1 atom stereocenters. The fraction of sp³-hybridized carbons (Fsp3) is 0.588. The first kappa shape index (κ1) is 16.8. The van der Waals surface area contributed by atoms with Crippen LogP contribution in [0.5, 0.6) is 5.75 Å². The third kappa shape index (κ3) is 5.31. The summed E-state index contributed by atoms with van der Waals surface area (Å²) in [5.74, 6) is 1.03. The molecule has 1 heterocycles. The number of carbonyl (C=O) groups excluding carboxylic acids is 1. The number of carbonyl (C=O) groups is 1. The molecule has 1 aromatic carbocycles. The van der Waals surface area contributed by atoms with Crippen molar-refractivity contribution in [3.63, 3.8) is 0 Å². The van der Waals surface area contributed by atoms with E-state index in [1.165, 1.54) is 5.56 Å². The number of amides is 1. The van der Waals surface area contributed by atoms with Crippen molar-refractivity contribution in [1.82, 2.24) is 9.80 Å². The van der Waals surface area contributed by atoms with Gasteiger partial charge in [-0.15, -0.1) is 0 Å². The van der Waals surface area contributed by atoms with Crippen LogP contribution in [0.15, 0.2) is 24.3 Å². The van der Waals surface area contributed by atoms with Gasteiger partial charge in [-0.1, -0.05) is 12.1 Å². The molecule has 0 aliphatic carbocycles. The molecule has 122 valence electrons. The molecule has 1 unspecified atom stereocenters. The lowest BCUT2D eigenvalue weighted by Gasteiger charge is -2.24. The van der Waals surface area contributed by atoms with E-state index in [0.717, 1.165) is 25.3 Å². The molecule has 1 N–H and O–H groups in total. The Bertz CT molecular complexity index is 493. The average molecular weight is 306 g/mol. The van der Waals surface area contributed by atoms with Crippen LogP contribution in [-0.2, 0) is 4.79 Å². The molecule has 0 saturated carbocycles. The number of ether oxygens (including phenoxy) is 1. The van der Waals surface area contributed by atoms with E-state index in [4.69, 9.17) is 4.74 Å². The molecular weight excluding hydrogens is 280 g/mol. The van der Waals surface area contributed by atoms with Gasteiger partial charge in [0.25, 0.3) is 0 Å². The van der Waals surface area contributed by atoms with Crippen LogP contribution >= 0.6 is 0 Å². The van der Waals surface area contributed by atoms with Gasteiger partial charge < -0.3 is 19.6 Å². The van der Waals surface area contributed by atoms with Gasteiger partial charge in [-0.3, -0.25) is 4.79 Å². The summed E-state index contributed by atoms with van der Waals surface area (Å²) >= 11 is 0. The van der Waals surface area contributed by atoms with Crippen LogP contribution in [-0.4, -0.2) is 66.8 Å². The second-order valence-electron chi connectivity index (χ2n) is 6.02. The van der Waals surface area contributed by atoms with E-state index in [2.05, 4.69) is 0 Å². The summed E-state index contributed by atoms with van der Waals surface area (Å²) in [6.07, 6.45) is 1.02. The Labute approximate surface area is 132 Å². The van der Waals surface area contributed by atoms with Crippen LogP contribution in [0.25, 0.3) is 0 Å². The zero-order chi connectivity index (χ0) is 15.9. The first-order valence-corrected chi connectivity index (χ1v) is 7.88. The largest absolute Gasteiger partial charge is 0.492 e. The molecule has 1 saturated heterocycles.